The number of rotatable bonds is 8. The summed E-state index contributed by atoms with van der Waals surface area (Å²) in [6.45, 7) is 7.87. The highest BCUT2D eigenvalue weighted by Gasteiger charge is 2.28. The summed E-state index contributed by atoms with van der Waals surface area (Å²) in [7, 11) is -3.69. The van der Waals surface area contributed by atoms with Crippen molar-refractivity contribution in [2.45, 2.75) is 45.2 Å². The number of anilines is 2. The minimum Gasteiger partial charge on any atom is -0.303 e. The molecule has 0 fully saturated rings. The van der Waals surface area contributed by atoms with Crippen LogP contribution < -0.4 is 14.7 Å². The maximum Gasteiger partial charge on any atom is 0.264 e. The van der Waals surface area contributed by atoms with E-state index in [1.807, 2.05) is 56.3 Å². The van der Waals surface area contributed by atoms with Crippen molar-refractivity contribution in [2.24, 2.45) is 5.92 Å². The van der Waals surface area contributed by atoms with Crippen molar-refractivity contribution >= 4 is 21.4 Å². The molecule has 1 aromatic heterocycles. The van der Waals surface area contributed by atoms with Gasteiger partial charge >= 0.3 is 0 Å². The largest absolute Gasteiger partial charge is 0.303 e. The van der Waals surface area contributed by atoms with E-state index in [9.17, 15) is 8.42 Å². The molecule has 2 aromatic carbocycles. The minimum absolute atomic E-state index is 0.197. The lowest BCUT2D eigenvalue weighted by atomic mass is 10.1. The first-order valence-electron chi connectivity index (χ1n) is 11.0. The lowest BCUT2D eigenvalue weighted by Gasteiger charge is -2.27. The molecular formula is C25H30N4O2S. The van der Waals surface area contributed by atoms with E-state index in [0.717, 1.165) is 23.2 Å². The first-order valence-corrected chi connectivity index (χ1v) is 12.5. The summed E-state index contributed by atoms with van der Waals surface area (Å²) in [5.41, 5.74) is 8.37. The van der Waals surface area contributed by atoms with E-state index in [4.69, 9.17) is 0 Å². The zero-order valence-electron chi connectivity index (χ0n) is 18.8. The summed E-state index contributed by atoms with van der Waals surface area (Å²) in [5, 5.41) is 2.05. The van der Waals surface area contributed by atoms with Crippen LogP contribution in [0.5, 0.6) is 0 Å². The molecule has 0 saturated carbocycles. The van der Waals surface area contributed by atoms with E-state index in [1.54, 1.807) is 24.5 Å². The number of aromatic nitrogens is 1. The maximum absolute atomic E-state index is 13.7. The lowest BCUT2D eigenvalue weighted by molar-refractivity contribution is 0.577. The second-order valence-corrected chi connectivity index (χ2v) is 10.4. The van der Waals surface area contributed by atoms with E-state index < -0.39 is 10.0 Å². The fourth-order valence-electron chi connectivity index (χ4n) is 3.90. The van der Waals surface area contributed by atoms with E-state index in [1.165, 1.54) is 9.87 Å². The molecule has 0 bridgehead atoms. The van der Waals surface area contributed by atoms with Gasteiger partial charge in [-0.05, 0) is 71.5 Å². The Morgan fingerprint density at radius 1 is 1.03 bits per heavy atom. The van der Waals surface area contributed by atoms with Crippen LogP contribution in [0.1, 0.15) is 37.5 Å². The van der Waals surface area contributed by atoms with Gasteiger partial charge in [0.1, 0.15) is 0 Å². The van der Waals surface area contributed by atoms with Gasteiger partial charge in [0.25, 0.3) is 10.0 Å². The summed E-state index contributed by atoms with van der Waals surface area (Å²) in [4.78, 5) is 4.39. The Morgan fingerprint density at radius 2 is 1.75 bits per heavy atom. The van der Waals surface area contributed by atoms with Gasteiger partial charge in [0.2, 0.25) is 0 Å². The van der Waals surface area contributed by atoms with Gasteiger partial charge in [-0.15, -0.1) is 0 Å². The second-order valence-electron chi connectivity index (χ2n) is 8.52. The molecule has 0 radical (unpaired) electrons. The average molecular weight is 451 g/mol. The maximum atomic E-state index is 13.7. The minimum atomic E-state index is -3.69. The number of fused-ring (bicyclic) bond motifs is 1. The molecule has 1 aliphatic heterocycles. The fraction of sp³-hybridized carbons (Fsp3) is 0.320. The standard InChI is InChI=1S/C25H30N4O2S/c1-4-20-5-7-23(8-6-20)29(17-19(2)3)32(30,31)24-9-10-25-22(15-24)16-27-28(25)18-21-11-13-26-14-12-21/h5-15,19,27H,4,16-18H2,1-3H3. The SMILES string of the molecule is CCc1ccc(N(CC(C)C)S(=O)(=O)c2ccc3c(c2)CNN3Cc2ccncc2)cc1. The second kappa shape index (κ2) is 9.30. The third-order valence-electron chi connectivity index (χ3n) is 5.64. The number of hydrogen-bond donors (Lipinski definition) is 1. The zero-order valence-corrected chi connectivity index (χ0v) is 19.6. The number of aryl methyl sites for hydroxylation is 1. The van der Waals surface area contributed by atoms with Crippen LogP contribution in [0.2, 0.25) is 0 Å². The Balaban J connectivity index is 1.63. The molecule has 0 amide bonds. The van der Waals surface area contributed by atoms with E-state index in [0.29, 0.717) is 30.2 Å². The Kier molecular flexibility index (Phi) is 6.48. The first-order chi connectivity index (χ1) is 15.4. The van der Waals surface area contributed by atoms with E-state index in [-0.39, 0.29) is 5.92 Å². The van der Waals surface area contributed by atoms with Crippen LogP contribution in [-0.2, 0) is 29.5 Å². The molecular weight excluding hydrogens is 420 g/mol. The number of hydrogen-bond acceptors (Lipinski definition) is 5. The van der Waals surface area contributed by atoms with Gasteiger partial charge in [0, 0.05) is 25.5 Å². The van der Waals surface area contributed by atoms with Crippen molar-refractivity contribution in [3.05, 3.63) is 83.7 Å². The Labute approximate surface area is 190 Å². The van der Waals surface area contributed by atoms with Crippen molar-refractivity contribution in [1.29, 1.82) is 0 Å². The Bertz CT molecular complexity index is 1160. The number of nitrogens with one attached hydrogen (secondary N) is 1. The first kappa shape index (κ1) is 22.3. The number of benzene rings is 2. The predicted octanol–water partition coefficient (Wildman–Crippen LogP) is 4.52. The van der Waals surface area contributed by atoms with Crippen LogP contribution in [0.25, 0.3) is 0 Å². The predicted molar refractivity (Wildman–Crippen MR) is 129 cm³/mol. The van der Waals surface area contributed by atoms with Crippen LogP contribution in [0, 0.1) is 5.92 Å². The van der Waals surface area contributed by atoms with Crippen LogP contribution in [0.4, 0.5) is 11.4 Å². The van der Waals surface area contributed by atoms with Crippen molar-refractivity contribution < 1.29 is 8.42 Å². The number of hydrazine groups is 1. The van der Waals surface area contributed by atoms with Crippen molar-refractivity contribution in [2.75, 3.05) is 15.9 Å². The average Bonchev–Trinajstić information content (AvgIpc) is 3.20. The van der Waals surface area contributed by atoms with E-state index in [2.05, 4.69) is 22.3 Å². The molecule has 168 valence electrons. The number of sulfonamides is 1. The van der Waals surface area contributed by atoms with Crippen LogP contribution in [-0.4, -0.2) is 19.9 Å². The lowest BCUT2D eigenvalue weighted by Crippen LogP contribution is -2.34. The topological polar surface area (TPSA) is 65.5 Å². The van der Waals surface area contributed by atoms with Crippen LogP contribution in [0.3, 0.4) is 0 Å². The van der Waals surface area contributed by atoms with Gasteiger partial charge in [0.05, 0.1) is 22.8 Å². The molecule has 3 aromatic rings. The molecule has 6 nitrogen and oxygen atoms in total. The molecule has 2 heterocycles. The molecule has 32 heavy (non-hydrogen) atoms. The van der Waals surface area contributed by atoms with Crippen molar-refractivity contribution in [3.8, 4) is 0 Å². The van der Waals surface area contributed by atoms with Gasteiger partial charge in [-0.3, -0.25) is 9.29 Å². The molecule has 4 rings (SSSR count). The molecule has 0 spiro atoms. The number of nitrogens with zero attached hydrogens (tertiary/aromatic N) is 3. The third-order valence-corrected chi connectivity index (χ3v) is 7.43. The van der Waals surface area contributed by atoms with Gasteiger partial charge in [-0.2, -0.15) is 0 Å². The van der Waals surface area contributed by atoms with Gasteiger partial charge in [0.15, 0.2) is 0 Å². The Hall–Kier alpha value is -2.90. The van der Waals surface area contributed by atoms with Crippen molar-refractivity contribution in [1.82, 2.24) is 10.4 Å². The highest BCUT2D eigenvalue weighted by Crippen LogP contribution is 2.32. The van der Waals surface area contributed by atoms with E-state index >= 15 is 0 Å². The quantitative estimate of drug-likeness (QED) is 0.547. The Morgan fingerprint density at radius 3 is 2.41 bits per heavy atom. The summed E-state index contributed by atoms with van der Waals surface area (Å²) >= 11 is 0. The fourth-order valence-corrected chi connectivity index (χ4v) is 5.58. The molecule has 0 unspecified atom stereocenters. The number of pyridine rings is 1. The zero-order chi connectivity index (χ0) is 22.7. The highest BCUT2D eigenvalue weighted by atomic mass is 32.2. The van der Waals surface area contributed by atoms with Gasteiger partial charge in [-0.25, -0.2) is 13.8 Å². The molecule has 0 saturated heterocycles. The summed E-state index contributed by atoms with van der Waals surface area (Å²) in [6, 6.07) is 17.2. The summed E-state index contributed by atoms with van der Waals surface area (Å²) in [6.07, 6.45) is 4.47. The summed E-state index contributed by atoms with van der Waals surface area (Å²) < 4.78 is 28.9. The van der Waals surface area contributed by atoms with Gasteiger partial charge < -0.3 is 5.01 Å². The van der Waals surface area contributed by atoms with Crippen molar-refractivity contribution in [3.63, 3.8) is 0 Å². The van der Waals surface area contributed by atoms with Crippen LogP contribution in [0.15, 0.2) is 71.9 Å². The summed E-state index contributed by atoms with van der Waals surface area (Å²) in [5.74, 6) is 0.197. The molecule has 7 heteroatoms. The molecule has 0 aliphatic carbocycles. The molecule has 1 N–H and O–H groups in total. The normalized spacial score (nSPS) is 13.4. The monoisotopic (exact) mass is 450 g/mol. The van der Waals surface area contributed by atoms with Gasteiger partial charge in [-0.1, -0.05) is 32.9 Å². The van der Waals surface area contributed by atoms with Crippen LogP contribution >= 0.6 is 0 Å². The third kappa shape index (κ3) is 4.64. The highest BCUT2D eigenvalue weighted by molar-refractivity contribution is 7.92. The molecule has 1 aliphatic rings. The smallest absolute Gasteiger partial charge is 0.264 e. The molecule has 0 atom stereocenters.